The van der Waals surface area contributed by atoms with E-state index in [-0.39, 0.29) is 18.4 Å². The number of hydrazone groups is 1. The van der Waals surface area contributed by atoms with Crippen molar-refractivity contribution in [3.05, 3.63) is 95.1 Å². The van der Waals surface area contributed by atoms with E-state index in [0.717, 1.165) is 22.5 Å². The summed E-state index contributed by atoms with van der Waals surface area (Å²) in [6.07, 6.45) is 1.78. The normalized spacial score (nSPS) is 14.4. The van der Waals surface area contributed by atoms with Gasteiger partial charge in [0.1, 0.15) is 5.75 Å². The molecule has 0 aromatic heterocycles. The number of benzene rings is 3. The van der Waals surface area contributed by atoms with Gasteiger partial charge in [0.25, 0.3) is 11.8 Å². The first kappa shape index (κ1) is 22.0. The Balaban J connectivity index is 1.42. The molecule has 3 aromatic carbocycles. The highest BCUT2D eigenvalue weighted by Gasteiger charge is 2.28. The van der Waals surface area contributed by atoms with Gasteiger partial charge in [0.05, 0.1) is 17.0 Å². The standard InChI is InChI=1S/C27H25N3O3/c1-18-12-13-22(14-19(18)2)28-26(31)17-33-24-11-7-8-21(15-24)16-25-20(3)29-30(27(25)32)23-9-5-4-6-10-23/h4-16H,17H2,1-3H3,(H,28,31). The van der Waals surface area contributed by atoms with Gasteiger partial charge in [0.15, 0.2) is 6.61 Å². The van der Waals surface area contributed by atoms with Gasteiger partial charge >= 0.3 is 0 Å². The third kappa shape index (κ3) is 5.18. The molecule has 2 amide bonds. The van der Waals surface area contributed by atoms with Crippen LogP contribution in [0.2, 0.25) is 0 Å². The van der Waals surface area contributed by atoms with Crippen LogP contribution in [0.5, 0.6) is 5.75 Å². The number of rotatable bonds is 6. The lowest BCUT2D eigenvalue weighted by Crippen LogP contribution is -2.21. The minimum absolute atomic E-state index is 0.117. The number of hydrogen-bond donors (Lipinski definition) is 1. The number of carbonyl (C=O) groups excluding carboxylic acids is 2. The fourth-order valence-electron chi connectivity index (χ4n) is 3.45. The molecule has 6 nitrogen and oxygen atoms in total. The van der Waals surface area contributed by atoms with E-state index < -0.39 is 0 Å². The Kier molecular flexibility index (Phi) is 6.36. The summed E-state index contributed by atoms with van der Waals surface area (Å²) >= 11 is 0. The fraction of sp³-hybridized carbons (Fsp3) is 0.148. The molecule has 1 heterocycles. The van der Waals surface area contributed by atoms with Crippen molar-refractivity contribution in [3.8, 4) is 5.75 Å². The lowest BCUT2D eigenvalue weighted by atomic mass is 10.1. The van der Waals surface area contributed by atoms with Crippen molar-refractivity contribution in [2.45, 2.75) is 20.8 Å². The molecule has 0 aliphatic carbocycles. The Morgan fingerprint density at radius 3 is 2.52 bits per heavy atom. The van der Waals surface area contributed by atoms with Gasteiger partial charge in [-0.2, -0.15) is 10.1 Å². The van der Waals surface area contributed by atoms with Crippen LogP contribution in [0.15, 0.2) is 83.5 Å². The van der Waals surface area contributed by atoms with Gasteiger partial charge in [-0.3, -0.25) is 9.59 Å². The summed E-state index contributed by atoms with van der Waals surface area (Å²) in [4.78, 5) is 25.2. The maximum Gasteiger partial charge on any atom is 0.280 e. The second-order valence-electron chi connectivity index (χ2n) is 7.90. The highest BCUT2D eigenvalue weighted by molar-refractivity contribution is 6.32. The van der Waals surface area contributed by atoms with Crippen molar-refractivity contribution in [3.63, 3.8) is 0 Å². The Morgan fingerprint density at radius 2 is 1.76 bits per heavy atom. The van der Waals surface area contributed by atoms with E-state index in [1.54, 1.807) is 18.2 Å². The second kappa shape index (κ2) is 9.53. The average molecular weight is 440 g/mol. The molecule has 0 spiro atoms. The maximum absolute atomic E-state index is 12.9. The van der Waals surface area contributed by atoms with Crippen molar-refractivity contribution in [1.29, 1.82) is 0 Å². The van der Waals surface area contributed by atoms with Crippen LogP contribution in [0.25, 0.3) is 6.08 Å². The molecule has 0 unspecified atom stereocenters. The number of amides is 2. The summed E-state index contributed by atoms with van der Waals surface area (Å²) in [6, 6.07) is 22.4. The quantitative estimate of drug-likeness (QED) is 0.542. The smallest absolute Gasteiger partial charge is 0.280 e. The second-order valence-corrected chi connectivity index (χ2v) is 7.90. The van der Waals surface area contributed by atoms with Crippen LogP contribution in [-0.2, 0) is 9.59 Å². The van der Waals surface area contributed by atoms with E-state index in [0.29, 0.717) is 17.0 Å². The molecule has 4 rings (SSSR count). The highest BCUT2D eigenvalue weighted by Crippen LogP contribution is 2.25. The summed E-state index contributed by atoms with van der Waals surface area (Å²) in [6.45, 7) is 5.72. The van der Waals surface area contributed by atoms with E-state index in [1.807, 2.05) is 81.4 Å². The molecule has 6 heteroatoms. The number of aryl methyl sites for hydroxylation is 2. The van der Waals surface area contributed by atoms with Crippen molar-refractivity contribution in [1.82, 2.24) is 0 Å². The van der Waals surface area contributed by atoms with E-state index >= 15 is 0 Å². The van der Waals surface area contributed by atoms with E-state index in [9.17, 15) is 9.59 Å². The summed E-state index contributed by atoms with van der Waals surface area (Å²) in [7, 11) is 0. The summed E-state index contributed by atoms with van der Waals surface area (Å²) < 4.78 is 5.68. The molecule has 0 radical (unpaired) electrons. The van der Waals surface area contributed by atoms with Gasteiger partial charge < -0.3 is 10.1 Å². The van der Waals surface area contributed by atoms with Crippen molar-refractivity contribution in [2.24, 2.45) is 5.10 Å². The van der Waals surface area contributed by atoms with Gasteiger partial charge in [0.2, 0.25) is 0 Å². The zero-order valence-electron chi connectivity index (χ0n) is 18.8. The number of para-hydroxylation sites is 1. The van der Waals surface area contributed by atoms with Gasteiger partial charge in [-0.1, -0.05) is 36.4 Å². The zero-order valence-corrected chi connectivity index (χ0v) is 18.8. The highest BCUT2D eigenvalue weighted by atomic mass is 16.5. The number of nitrogens with one attached hydrogen (secondary N) is 1. The predicted molar refractivity (Wildman–Crippen MR) is 131 cm³/mol. The summed E-state index contributed by atoms with van der Waals surface area (Å²) in [5.74, 6) is 0.117. The van der Waals surface area contributed by atoms with Crippen LogP contribution in [0.1, 0.15) is 23.6 Å². The maximum atomic E-state index is 12.9. The molecule has 0 bridgehead atoms. The van der Waals surface area contributed by atoms with Crippen LogP contribution >= 0.6 is 0 Å². The predicted octanol–water partition coefficient (Wildman–Crippen LogP) is 5.13. The summed E-state index contributed by atoms with van der Waals surface area (Å²) in [5.41, 5.74) is 5.68. The molecule has 1 aliphatic heterocycles. The number of hydrogen-bond acceptors (Lipinski definition) is 4. The molecular weight excluding hydrogens is 414 g/mol. The van der Waals surface area contributed by atoms with Crippen LogP contribution in [0, 0.1) is 13.8 Å². The monoisotopic (exact) mass is 439 g/mol. The molecule has 166 valence electrons. The average Bonchev–Trinajstić information content (AvgIpc) is 3.09. The minimum Gasteiger partial charge on any atom is -0.484 e. The molecule has 0 saturated heterocycles. The molecule has 1 aliphatic rings. The van der Waals surface area contributed by atoms with E-state index in [4.69, 9.17) is 4.74 Å². The lowest BCUT2D eigenvalue weighted by molar-refractivity contribution is -0.118. The van der Waals surface area contributed by atoms with Crippen LogP contribution in [-0.4, -0.2) is 24.1 Å². The SMILES string of the molecule is CC1=NN(c2ccccc2)C(=O)C1=Cc1cccc(OCC(=O)Nc2ccc(C)c(C)c2)c1. The third-order valence-electron chi connectivity index (χ3n) is 5.39. The topological polar surface area (TPSA) is 71.0 Å². The largest absolute Gasteiger partial charge is 0.484 e. The first-order valence-electron chi connectivity index (χ1n) is 10.7. The van der Waals surface area contributed by atoms with Crippen LogP contribution in [0.4, 0.5) is 11.4 Å². The number of ether oxygens (including phenoxy) is 1. The first-order valence-corrected chi connectivity index (χ1v) is 10.7. The van der Waals surface area contributed by atoms with Crippen molar-refractivity contribution < 1.29 is 14.3 Å². The Hall–Kier alpha value is -4.19. The number of carbonyl (C=O) groups is 2. The molecular formula is C27H25N3O3. The molecule has 0 fully saturated rings. The molecule has 1 N–H and O–H groups in total. The minimum atomic E-state index is -0.241. The van der Waals surface area contributed by atoms with E-state index in [1.165, 1.54) is 10.6 Å². The van der Waals surface area contributed by atoms with Gasteiger partial charge in [0, 0.05) is 5.69 Å². The zero-order chi connectivity index (χ0) is 23.4. The number of anilines is 2. The Bertz CT molecular complexity index is 1260. The lowest BCUT2D eigenvalue weighted by Gasteiger charge is -2.11. The summed E-state index contributed by atoms with van der Waals surface area (Å²) in [5, 5.41) is 8.64. The van der Waals surface area contributed by atoms with Gasteiger partial charge in [-0.05, 0) is 79.9 Å². The molecule has 0 atom stereocenters. The molecule has 3 aromatic rings. The molecule has 33 heavy (non-hydrogen) atoms. The first-order chi connectivity index (χ1) is 15.9. The van der Waals surface area contributed by atoms with Crippen molar-refractivity contribution in [2.75, 3.05) is 16.9 Å². The van der Waals surface area contributed by atoms with Gasteiger partial charge in [-0.15, -0.1) is 0 Å². The Labute approximate surface area is 193 Å². The van der Waals surface area contributed by atoms with Crippen molar-refractivity contribution >= 4 is 35.0 Å². The van der Waals surface area contributed by atoms with E-state index in [2.05, 4.69) is 10.4 Å². The third-order valence-corrected chi connectivity index (χ3v) is 5.39. The van der Waals surface area contributed by atoms with Crippen LogP contribution < -0.4 is 15.1 Å². The Morgan fingerprint density at radius 1 is 0.970 bits per heavy atom. The fourth-order valence-corrected chi connectivity index (χ4v) is 3.45. The molecule has 0 saturated carbocycles. The van der Waals surface area contributed by atoms with Crippen LogP contribution in [0.3, 0.4) is 0 Å². The van der Waals surface area contributed by atoms with Gasteiger partial charge in [-0.25, -0.2) is 0 Å². The number of nitrogens with zero attached hydrogens (tertiary/aromatic N) is 2.